The second-order valence-electron chi connectivity index (χ2n) is 9.59. The molecule has 0 heterocycles. The van der Waals surface area contributed by atoms with Crippen molar-refractivity contribution in [2.75, 3.05) is 31.7 Å². The number of sulfonamides is 1. The van der Waals surface area contributed by atoms with Gasteiger partial charge in [-0.3, -0.25) is 14.9 Å². The number of thioether (sulfide) groups is 1. The average Bonchev–Trinajstić information content (AvgIpc) is 2.85. The Balaban J connectivity index is 1.75. The van der Waals surface area contributed by atoms with Gasteiger partial charge in [0.1, 0.15) is 5.69 Å². The van der Waals surface area contributed by atoms with E-state index in [2.05, 4.69) is 5.32 Å². The van der Waals surface area contributed by atoms with E-state index in [1.54, 1.807) is 11.8 Å². The first kappa shape index (κ1) is 29.8. The van der Waals surface area contributed by atoms with Gasteiger partial charge in [0.15, 0.2) is 0 Å². The molecule has 0 bridgehead atoms. The fourth-order valence-electron chi connectivity index (χ4n) is 4.07. The van der Waals surface area contributed by atoms with Gasteiger partial charge in [-0.15, -0.1) is 11.8 Å². The van der Waals surface area contributed by atoms with Gasteiger partial charge < -0.3 is 10.2 Å². The summed E-state index contributed by atoms with van der Waals surface area (Å²) in [4.78, 5) is 26.2. The Bertz CT molecular complexity index is 1220. The highest BCUT2D eigenvalue weighted by atomic mass is 32.2. The predicted molar refractivity (Wildman–Crippen MR) is 143 cm³/mol. The van der Waals surface area contributed by atoms with Crippen molar-refractivity contribution in [3.63, 3.8) is 0 Å². The molecule has 1 fully saturated rings. The monoisotopic (exact) mass is 570 g/mol. The van der Waals surface area contributed by atoms with Crippen LogP contribution in [0.3, 0.4) is 0 Å². The molecule has 1 aliphatic rings. The SMILES string of the molecule is CN(C)CC[C@H](CSc1ccccc1)Nc1ccc(S(=O)(=O)NC(=O)C2CCC(F)(F)CC2)cc1[N+](=O)[O-]. The van der Waals surface area contributed by atoms with E-state index in [9.17, 15) is 32.1 Å². The first-order valence-corrected chi connectivity index (χ1v) is 14.7. The maximum Gasteiger partial charge on any atom is 0.293 e. The number of anilines is 1. The fourth-order valence-corrected chi connectivity index (χ4v) is 6.13. The molecule has 1 amide bonds. The number of rotatable bonds is 12. The summed E-state index contributed by atoms with van der Waals surface area (Å²) in [6.45, 7) is 0.729. The largest absolute Gasteiger partial charge is 0.376 e. The van der Waals surface area contributed by atoms with Crippen LogP contribution in [-0.4, -0.2) is 62.5 Å². The Labute approximate surface area is 225 Å². The van der Waals surface area contributed by atoms with Crippen LogP contribution in [0.25, 0.3) is 0 Å². The van der Waals surface area contributed by atoms with Gasteiger partial charge in [0.2, 0.25) is 11.8 Å². The highest BCUT2D eigenvalue weighted by Crippen LogP contribution is 2.36. The van der Waals surface area contributed by atoms with Gasteiger partial charge in [-0.2, -0.15) is 0 Å². The molecule has 13 heteroatoms. The summed E-state index contributed by atoms with van der Waals surface area (Å²) >= 11 is 1.60. The van der Waals surface area contributed by atoms with Crippen LogP contribution in [0.15, 0.2) is 58.3 Å². The highest BCUT2D eigenvalue weighted by Gasteiger charge is 2.38. The van der Waals surface area contributed by atoms with E-state index in [0.717, 1.165) is 17.5 Å². The number of nitrogens with zero attached hydrogens (tertiary/aromatic N) is 2. The third kappa shape index (κ3) is 8.63. The van der Waals surface area contributed by atoms with E-state index in [0.29, 0.717) is 12.2 Å². The smallest absolute Gasteiger partial charge is 0.293 e. The van der Waals surface area contributed by atoms with Gasteiger partial charge in [0, 0.05) is 41.5 Å². The summed E-state index contributed by atoms with van der Waals surface area (Å²) in [6, 6.07) is 13.0. The summed E-state index contributed by atoms with van der Waals surface area (Å²) < 4.78 is 54.3. The minimum Gasteiger partial charge on any atom is -0.376 e. The molecular formula is C25H32F2N4O5S2. The van der Waals surface area contributed by atoms with E-state index < -0.39 is 56.1 Å². The number of carbonyl (C=O) groups is 1. The van der Waals surface area contributed by atoms with Crippen LogP contribution < -0.4 is 10.0 Å². The number of benzene rings is 2. The summed E-state index contributed by atoms with van der Waals surface area (Å²) in [5.74, 6) is -3.98. The van der Waals surface area contributed by atoms with Crippen molar-refractivity contribution in [3.8, 4) is 0 Å². The molecule has 3 rings (SSSR count). The Hall–Kier alpha value is -2.77. The third-order valence-electron chi connectivity index (χ3n) is 6.28. The van der Waals surface area contributed by atoms with Crippen LogP contribution in [0.1, 0.15) is 32.1 Å². The number of halogens is 2. The van der Waals surface area contributed by atoms with Crippen molar-refractivity contribution in [2.45, 2.75) is 53.9 Å². The number of nitro benzene ring substituents is 1. The number of amides is 1. The topological polar surface area (TPSA) is 122 Å². The predicted octanol–water partition coefficient (Wildman–Crippen LogP) is 4.75. The molecular weight excluding hydrogens is 538 g/mol. The minimum atomic E-state index is -4.44. The van der Waals surface area contributed by atoms with E-state index in [4.69, 9.17) is 0 Å². The normalized spacial score (nSPS) is 16.7. The van der Waals surface area contributed by atoms with Gasteiger partial charge >= 0.3 is 0 Å². The van der Waals surface area contributed by atoms with Crippen molar-refractivity contribution >= 4 is 39.1 Å². The molecule has 1 atom stereocenters. The molecule has 2 aromatic carbocycles. The van der Waals surface area contributed by atoms with Crippen molar-refractivity contribution in [1.29, 1.82) is 0 Å². The second kappa shape index (κ2) is 12.9. The number of carbonyl (C=O) groups excluding carboxylic acids is 1. The van der Waals surface area contributed by atoms with Crippen molar-refractivity contribution in [3.05, 3.63) is 58.6 Å². The van der Waals surface area contributed by atoms with Crippen LogP contribution in [0.2, 0.25) is 0 Å². The molecule has 0 aromatic heterocycles. The summed E-state index contributed by atoms with van der Waals surface area (Å²) in [5.41, 5.74) is -0.288. The quantitative estimate of drug-likeness (QED) is 0.213. The minimum absolute atomic E-state index is 0.132. The number of nitro groups is 1. The van der Waals surface area contributed by atoms with Gasteiger partial charge in [0.05, 0.1) is 9.82 Å². The van der Waals surface area contributed by atoms with Crippen molar-refractivity contribution in [2.24, 2.45) is 5.92 Å². The van der Waals surface area contributed by atoms with Crippen LogP contribution in [0, 0.1) is 16.0 Å². The summed E-state index contributed by atoms with van der Waals surface area (Å²) in [7, 11) is -0.582. The number of hydrogen-bond acceptors (Lipinski definition) is 8. The average molecular weight is 571 g/mol. The van der Waals surface area contributed by atoms with Gasteiger partial charge in [0.25, 0.3) is 15.7 Å². The lowest BCUT2D eigenvalue weighted by molar-refractivity contribution is -0.384. The van der Waals surface area contributed by atoms with Crippen molar-refractivity contribution in [1.82, 2.24) is 9.62 Å². The van der Waals surface area contributed by atoms with E-state index >= 15 is 0 Å². The zero-order valence-corrected chi connectivity index (χ0v) is 22.9. The zero-order chi connectivity index (χ0) is 27.9. The molecule has 0 spiro atoms. The van der Waals surface area contributed by atoms with Crippen molar-refractivity contribution < 1.29 is 26.9 Å². The lowest BCUT2D eigenvalue weighted by Gasteiger charge is -2.27. The second-order valence-corrected chi connectivity index (χ2v) is 12.4. The van der Waals surface area contributed by atoms with Crippen LogP contribution in [0.4, 0.5) is 20.2 Å². The molecule has 2 N–H and O–H groups in total. The summed E-state index contributed by atoms with van der Waals surface area (Å²) in [5, 5.41) is 15.0. The Morgan fingerprint density at radius 2 is 1.84 bits per heavy atom. The zero-order valence-electron chi connectivity index (χ0n) is 21.2. The molecule has 0 aliphatic heterocycles. The first-order valence-electron chi connectivity index (χ1n) is 12.2. The highest BCUT2D eigenvalue weighted by molar-refractivity contribution is 7.99. The molecule has 0 unspecified atom stereocenters. The molecule has 2 aromatic rings. The van der Waals surface area contributed by atoms with E-state index in [-0.39, 0.29) is 24.6 Å². The molecule has 9 nitrogen and oxygen atoms in total. The maximum absolute atomic E-state index is 13.4. The van der Waals surface area contributed by atoms with E-state index in [1.807, 2.05) is 54.0 Å². The van der Waals surface area contributed by atoms with Gasteiger partial charge in [-0.05, 0) is 64.2 Å². The fraction of sp³-hybridized carbons (Fsp3) is 0.480. The Morgan fingerprint density at radius 3 is 2.45 bits per heavy atom. The molecule has 38 heavy (non-hydrogen) atoms. The third-order valence-corrected chi connectivity index (χ3v) is 8.80. The van der Waals surface area contributed by atoms with Crippen LogP contribution in [0.5, 0.6) is 0 Å². The lowest BCUT2D eigenvalue weighted by Crippen LogP contribution is -2.39. The number of hydrogen-bond donors (Lipinski definition) is 2. The molecule has 208 valence electrons. The van der Waals surface area contributed by atoms with Crippen LogP contribution >= 0.6 is 11.8 Å². The maximum atomic E-state index is 13.4. The van der Waals surface area contributed by atoms with Crippen LogP contribution in [-0.2, 0) is 14.8 Å². The number of alkyl halides is 2. The molecule has 1 aliphatic carbocycles. The lowest BCUT2D eigenvalue weighted by atomic mass is 9.86. The van der Waals surface area contributed by atoms with E-state index in [1.165, 1.54) is 12.1 Å². The molecule has 1 saturated carbocycles. The summed E-state index contributed by atoms with van der Waals surface area (Å²) in [6.07, 6.45) is -0.567. The Morgan fingerprint density at radius 1 is 1.18 bits per heavy atom. The first-order chi connectivity index (χ1) is 17.9. The standard InChI is InChI=1S/C25H32F2N4O5S2/c1-30(2)15-12-19(17-37-20-6-4-3-5-7-20)28-22-9-8-21(16-23(22)31(33)34)38(35,36)29-24(32)18-10-13-25(26,27)14-11-18/h3-9,16,18-19,28H,10-15,17H2,1-2H3,(H,29,32)/t19-/m1/s1. The Kier molecular flexibility index (Phi) is 10.1. The molecule has 0 saturated heterocycles. The number of nitrogens with one attached hydrogen (secondary N) is 2. The molecule has 0 radical (unpaired) electrons. The van der Waals surface area contributed by atoms with Gasteiger partial charge in [-0.25, -0.2) is 21.9 Å². The van der Waals surface area contributed by atoms with Gasteiger partial charge in [-0.1, -0.05) is 18.2 Å².